The molecule has 0 aliphatic carbocycles. The zero-order valence-electron chi connectivity index (χ0n) is 17.6. The van der Waals surface area contributed by atoms with E-state index in [0.29, 0.717) is 16.3 Å². The van der Waals surface area contributed by atoms with E-state index in [9.17, 15) is 9.59 Å². The summed E-state index contributed by atoms with van der Waals surface area (Å²) in [5, 5.41) is 7.37. The van der Waals surface area contributed by atoms with E-state index >= 15 is 0 Å². The maximum Gasteiger partial charge on any atom is 0.262 e. The topological polar surface area (TPSA) is 79.8 Å². The second-order valence-electron chi connectivity index (χ2n) is 7.40. The molecule has 2 amide bonds. The Morgan fingerprint density at radius 1 is 1.10 bits per heavy atom. The number of carbonyl (C=O) groups excluding carboxylic acids is 2. The van der Waals surface area contributed by atoms with Gasteiger partial charge >= 0.3 is 0 Å². The average molecular weight is 529 g/mol. The van der Waals surface area contributed by atoms with E-state index in [1.54, 1.807) is 6.07 Å². The maximum absolute atomic E-state index is 12.7. The van der Waals surface area contributed by atoms with Gasteiger partial charge < -0.3 is 10.1 Å². The van der Waals surface area contributed by atoms with E-state index in [2.05, 4.69) is 31.8 Å². The van der Waals surface area contributed by atoms with Crippen molar-refractivity contribution in [1.82, 2.24) is 10.7 Å². The van der Waals surface area contributed by atoms with Gasteiger partial charge in [0.2, 0.25) is 0 Å². The van der Waals surface area contributed by atoms with E-state index in [1.165, 1.54) is 18.3 Å². The SMILES string of the molecule is CC(C)Oc1ccc(Br)cc1C=NNC(=O)C(NC(=O)c1ccc(Cl)cc1Cl)C(C)C. The lowest BCUT2D eigenvalue weighted by atomic mass is 10.0. The smallest absolute Gasteiger partial charge is 0.262 e. The summed E-state index contributed by atoms with van der Waals surface area (Å²) in [7, 11) is 0. The summed E-state index contributed by atoms with van der Waals surface area (Å²) in [4.78, 5) is 25.3. The zero-order chi connectivity index (χ0) is 23.1. The van der Waals surface area contributed by atoms with Crippen molar-refractivity contribution in [3.8, 4) is 5.75 Å². The van der Waals surface area contributed by atoms with Crippen LogP contribution in [-0.2, 0) is 4.79 Å². The van der Waals surface area contributed by atoms with Crippen molar-refractivity contribution in [3.63, 3.8) is 0 Å². The van der Waals surface area contributed by atoms with E-state index in [-0.39, 0.29) is 22.6 Å². The first kappa shape index (κ1) is 25.2. The fourth-order valence-corrected chi connectivity index (χ4v) is 3.52. The molecule has 0 fully saturated rings. The van der Waals surface area contributed by atoms with E-state index < -0.39 is 17.9 Å². The van der Waals surface area contributed by atoms with Gasteiger partial charge in [-0.3, -0.25) is 9.59 Å². The largest absolute Gasteiger partial charge is 0.490 e. The fourth-order valence-electron chi connectivity index (χ4n) is 2.64. The third-order valence-electron chi connectivity index (χ3n) is 4.12. The van der Waals surface area contributed by atoms with Crippen molar-refractivity contribution >= 4 is 57.2 Å². The Kier molecular flexibility index (Phi) is 9.34. The third-order valence-corrected chi connectivity index (χ3v) is 5.17. The van der Waals surface area contributed by atoms with Crippen molar-refractivity contribution in [3.05, 3.63) is 62.0 Å². The highest BCUT2D eigenvalue weighted by Gasteiger charge is 2.25. The monoisotopic (exact) mass is 527 g/mol. The lowest BCUT2D eigenvalue weighted by Gasteiger charge is -2.20. The molecule has 2 aromatic rings. The molecule has 9 heteroatoms. The summed E-state index contributed by atoms with van der Waals surface area (Å²) >= 11 is 15.4. The summed E-state index contributed by atoms with van der Waals surface area (Å²) in [6.45, 7) is 7.49. The van der Waals surface area contributed by atoms with Crippen LogP contribution in [0.5, 0.6) is 5.75 Å². The number of benzene rings is 2. The number of nitrogens with zero attached hydrogens (tertiary/aromatic N) is 1. The number of hydrazone groups is 1. The normalized spacial score (nSPS) is 12.3. The highest BCUT2D eigenvalue weighted by atomic mass is 79.9. The predicted molar refractivity (Wildman–Crippen MR) is 128 cm³/mol. The second kappa shape index (κ2) is 11.5. The zero-order valence-corrected chi connectivity index (χ0v) is 20.7. The molecule has 1 unspecified atom stereocenters. The summed E-state index contributed by atoms with van der Waals surface area (Å²) in [5.41, 5.74) is 3.41. The number of halogens is 3. The van der Waals surface area contributed by atoms with Crippen molar-refractivity contribution < 1.29 is 14.3 Å². The first-order valence-corrected chi connectivity index (χ1v) is 11.2. The first-order valence-electron chi connectivity index (χ1n) is 9.63. The molecule has 0 bridgehead atoms. The fraction of sp³-hybridized carbons (Fsp3) is 0.318. The van der Waals surface area contributed by atoms with Gasteiger partial charge in [-0.1, -0.05) is 53.0 Å². The van der Waals surface area contributed by atoms with Crippen molar-refractivity contribution in [2.24, 2.45) is 11.0 Å². The maximum atomic E-state index is 12.7. The number of carbonyl (C=O) groups is 2. The van der Waals surface area contributed by atoms with E-state index in [4.69, 9.17) is 27.9 Å². The molecule has 0 heterocycles. The molecule has 31 heavy (non-hydrogen) atoms. The third kappa shape index (κ3) is 7.52. The van der Waals surface area contributed by atoms with Crippen LogP contribution in [0.4, 0.5) is 0 Å². The molecule has 2 rings (SSSR count). The molecule has 0 spiro atoms. The van der Waals surface area contributed by atoms with Gasteiger partial charge in [0.25, 0.3) is 11.8 Å². The van der Waals surface area contributed by atoms with Gasteiger partial charge in [0.1, 0.15) is 11.8 Å². The average Bonchev–Trinajstić information content (AvgIpc) is 2.67. The lowest BCUT2D eigenvalue weighted by molar-refractivity contribution is -0.123. The highest BCUT2D eigenvalue weighted by Crippen LogP contribution is 2.23. The molecule has 1 atom stereocenters. The molecule has 0 saturated heterocycles. The molecule has 2 N–H and O–H groups in total. The number of ether oxygens (including phenoxy) is 1. The number of rotatable bonds is 8. The quantitative estimate of drug-likeness (QED) is 0.353. The molecule has 0 saturated carbocycles. The molecule has 0 aromatic heterocycles. The molecular formula is C22H24BrCl2N3O3. The Morgan fingerprint density at radius 2 is 1.81 bits per heavy atom. The summed E-state index contributed by atoms with van der Waals surface area (Å²) < 4.78 is 6.61. The van der Waals surface area contributed by atoms with Crippen LogP contribution >= 0.6 is 39.1 Å². The van der Waals surface area contributed by atoms with Crippen molar-refractivity contribution in [1.29, 1.82) is 0 Å². The van der Waals surface area contributed by atoms with Crippen LogP contribution in [0.25, 0.3) is 0 Å². The molecule has 166 valence electrons. The Hall–Kier alpha value is -2.09. The van der Waals surface area contributed by atoms with Crippen molar-refractivity contribution in [2.75, 3.05) is 0 Å². The van der Waals surface area contributed by atoms with Gasteiger partial charge in [0.15, 0.2) is 0 Å². The minimum absolute atomic E-state index is 0.0110. The van der Waals surface area contributed by atoms with Crippen LogP contribution in [0, 0.1) is 5.92 Å². The first-order chi connectivity index (χ1) is 14.6. The number of nitrogens with one attached hydrogen (secondary N) is 2. The van der Waals surface area contributed by atoms with Crippen LogP contribution in [0.15, 0.2) is 46.0 Å². The van der Waals surface area contributed by atoms with Gasteiger partial charge in [-0.15, -0.1) is 0 Å². The van der Waals surface area contributed by atoms with Gasteiger partial charge in [0, 0.05) is 15.1 Å². The standard InChI is InChI=1S/C22H24BrCl2N3O3/c1-12(2)20(27-21(29)17-7-6-16(24)10-18(17)25)22(30)28-26-11-14-9-15(23)5-8-19(14)31-13(3)4/h5-13,20H,1-4H3,(H,27,29)(H,28,30). The number of hydrogen-bond donors (Lipinski definition) is 2. The summed E-state index contributed by atoms with van der Waals surface area (Å²) in [6, 6.07) is 9.24. The van der Waals surface area contributed by atoms with Crippen molar-refractivity contribution in [2.45, 2.75) is 39.8 Å². The van der Waals surface area contributed by atoms with Crippen LogP contribution in [0.1, 0.15) is 43.6 Å². The summed E-state index contributed by atoms with van der Waals surface area (Å²) in [5.74, 6) is -0.469. The van der Waals surface area contributed by atoms with Gasteiger partial charge in [-0.2, -0.15) is 5.10 Å². The summed E-state index contributed by atoms with van der Waals surface area (Å²) in [6.07, 6.45) is 1.48. The van der Waals surface area contributed by atoms with Gasteiger partial charge in [-0.25, -0.2) is 5.43 Å². The predicted octanol–water partition coefficient (Wildman–Crippen LogP) is 5.45. The molecular weight excluding hydrogens is 505 g/mol. The molecule has 0 aliphatic heterocycles. The number of hydrogen-bond acceptors (Lipinski definition) is 4. The molecule has 2 aromatic carbocycles. The highest BCUT2D eigenvalue weighted by molar-refractivity contribution is 9.10. The Labute approximate surface area is 200 Å². The van der Waals surface area contributed by atoms with Gasteiger partial charge in [0.05, 0.1) is 22.9 Å². The van der Waals surface area contributed by atoms with Crippen LogP contribution in [0.2, 0.25) is 10.0 Å². The number of amides is 2. The molecule has 0 radical (unpaired) electrons. The Balaban J connectivity index is 2.11. The van der Waals surface area contributed by atoms with Crippen LogP contribution < -0.4 is 15.5 Å². The Morgan fingerprint density at radius 3 is 2.42 bits per heavy atom. The molecule has 6 nitrogen and oxygen atoms in total. The molecule has 0 aliphatic rings. The lowest BCUT2D eigenvalue weighted by Crippen LogP contribution is -2.48. The minimum Gasteiger partial charge on any atom is -0.490 e. The van der Waals surface area contributed by atoms with Crippen LogP contribution in [0.3, 0.4) is 0 Å². The minimum atomic E-state index is -0.815. The Bertz CT molecular complexity index is 980. The van der Waals surface area contributed by atoms with Gasteiger partial charge in [-0.05, 0) is 56.2 Å². The second-order valence-corrected chi connectivity index (χ2v) is 9.16. The van der Waals surface area contributed by atoms with Crippen LogP contribution in [-0.4, -0.2) is 30.2 Å². The van der Waals surface area contributed by atoms with E-state index in [1.807, 2.05) is 45.9 Å². The van der Waals surface area contributed by atoms with E-state index in [0.717, 1.165) is 4.47 Å².